The first-order chi connectivity index (χ1) is 13.4. The number of sulfone groups is 1. The molecule has 0 radical (unpaired) electrons. The molecule has 0 amide bonds. The molecule has 9 nitrogen and oxygen atoms in total. The number of anilines is 1. The minimum atomic E-state index is -4.88. The zero-order chi connectivity index (χ0) is 21.9. The number of sulfonamides is 1. The van der Waals surface area contributed by atoms with E-state index in [0.29, 0.717) is 12.5 Å². The van der Waals surface area contributed by atoms with Gasteiger partial charge in [0.05, 0.1) is 16.3 Å². The van der Waals surface area contributed by atoms with Crippen molar-refractivity contribution >= 4 is 35.7 Å². The Bertz CT molecular complexity index is 1190. The van der Waals surface area contributed by atoms with E-state index in [1.165, 1.54) is 0 Å². The van der Waals surface area contributed by atoms with E-state index in [-0.39, 0.29) is 24.4 Å². The van der Waals surface area contributed by atoms with Crippen molar-refractivity contribution in [3.8, 4) is 0 Å². The number of primary sulfonamides is 1. The largest absolute Gasteiger partial charge is 0.380 e. The molecule has 0 fully saturated rings. The normalized spacial score (nSPS) is 12.7. The van der Waals surface area contributed by atoms with Crippen LogP contribution in [0.15, 0.2) is 57.2 Å². The summed E-state index contributed by atoms with van der Waals surface area (Å²) < 4.78 is 82.4. The molecule has 0 aromatic heterocycles. The summed E-state index contributed by atoms with van der Waals surface area (Å²) in [5.41, 5.74) is 0.499. The first kappa shape index (κ1) is 23.3. The van der Waals surface area contributed by atoms with Gasteiger partial charge in [-0.3, -0.25) is 4.55 Å². The van der Waals surface area contributed by atoms with Gasteiger partial charge in [0.25, 0.3) is 10.1 Å². The maximum absolute atomic E-state index is 12.7. The summed E-state index contributed by atoms with van der Waals surface area (Å²) in [6.45, 7) is 1.87. The van der Waals surface area contributed by atoms with Crippen LogP contribution in [0.1, 0.15) is 25.3 Å². The van der Waals surface area contributed by atoms with Gasteiger partial charge >= 0.3 is 0 Å². The molecule has 160 valence electrons. The number of rotatable bonds is 9. The van der Waals surface area contributed by atoms with Gasteiger partial charge in [-0.2, -0.15) is 8.42 Å². The minimum absolute atomic E-state index is 0.104. The van der Waals surface area contributed by atoms with Gasteiger partial charge < -0.3 is 5.32 Å². The molecular formula is C17H22N2O7S3. The number of unbranched alkanes of at least 4 members (excludes halogenated alkanes) is 1. The molecule has 0 aliphatic carbocycles. The molecule has 0 saturated heterocycles. The average Bonchev–Trinajstić information content (AvgIpc) is 2.63. The van der Waals surface area contributed by atoms with Crippen LogP contribution in [0.4, 0.5) is 5.69 Å². The van der Waals surface area contributed by atoms with Crippen LogP contribution in [0, 0.1) is 0 Å². The smallest absolute Gasteiger partial charge is 0.296 e. The highest BCUT2D eigenvalue weighted by Gasteiger charge is 2.29. The summed E-state index contributed by atoms with van der Waals surface area (Å²) in [5, 5.41) is 7.87. The number of benzene rings is 2. The van der Waals surface area contributed by atoms with Crippen molar-refractivity contribution in [2.75, 3.05) is 11.1 Å². The van der Waals surface area contributed by atoms with Crippen molar-refractivity contribution in [3.63, 3.8) is 0 Å². The van der Waals surface area contributed by atoms with E-state index in [1.54, 1.807) is 37.3 Å². The molecule has 0 atom stereocenters. The van der Waals surface area contributed by atoms with Crippen molar-refractivity contribution in [1.82, 2.24) is 0 Å². The summed E-state index contributed by atoms with van der Waals surface area (Å²) in [7, 11) is -13.5. The van der Waals surface area contributed by atoms with Gasteiger partial charge in [-0.05, 0) is 24.1 Å². The lowest BCUT2D eigenvalue weighted by Gasteiger charge is -2.16. The molecule has 0 aliphatic rings. The first-order valence-corrected chi connectivity index (χ1v) is 13.2. The van der Waals surface area contributed by atoms with Crippen LogP contribution < -0.4 is 10.5 Å². The standard InChI is InChI=1S/C17H22N2O7S3/c1-2-3-9-27(20,21)16-10-14(19-12-13-7-5-4-6-8-13)15(29(24,25)26)11-17(16)28(18,22)23/h4-8,10-11,19H,2-3,9,12H2,1H3,(H2,18,22,23)(H,24,25,26). The second kappa shape index (κ2) is 8.79. The van der Waals surface area contributed by atoms with E-state index in [0.717, 1.165) is 11.6 Å². The fourth-order valence-electron chi connectivity index (χ4n) is 2.60. The van der Waals surface area contributed by atoms with Crippen LogP contribution in [0.2, 0.25) is 0 Å². The quantitative estimate of drug-likeness (QED) is 0.475. The predicted molar refractivity (Wildman–Crippen MR) is 108 cm³/mol. The van der Waals surface area contributed by atoms with Crippen LogP contribution in [-0.2, 0) is 36.5 Å². The second-order valence-electron chi connectivity index (χ2n) is 6.33. The third-order valence-corrected chi connectivity index (χ3v) is 7.87. The molecule has 0 bridgehead atoms. The van der Waals surface area contributed by atoms with Crippen molar-refractivity contribution in [1.29, 1.82) is 0 Å². The van der Waals surface area contributed by atoms with Crippen LogP contribution in [-0.4, -0.2) is 35.6 Å². The minimum Gasteiger partial charge on any atom is -0.380 e. The van der Waals surface area contributed by atoms with Crippen LogP contribution in [0.3, 0.4) is 0 Å². The van der Waals surface area contributed by atoms with E-state index in [9.17, 15) is 29.8 Å². The Morgan fingerprint density at radius 3 is 2.07 bits per heavy atom. The fraction of sp³-hybridized carbons (Fsp3) is 0.294. The number of nitrogens with one attached hydrogen (secondary N) is 1. The molecule has 0 heterocycles. The average molecular weight is 463 g/mol. The maximum Gasteiger partial charge on any atom is 0.296 e. The third-order valence-electron chi connectivity index (χ3n) is 4.06. The van der Waals surface area contributed by atoms with Gasteiger partial charge in [0, 0.05) is 6.54 Å². The van der Waals surface area contributed by atoms with Gasteiger partial charge in [0.2, 0.25) is 10.0 Å². The summed E-state index contributed by atoms with van der Waals surface area (Å²) in [5.74, 6) is -0.338. The molecule has 4 N–H and O–H groups in total. The van der Waals surface area contributed by atoms with Crippen molar-refractivity contribution in [3.05, 3.63) is 48.0 Å². The molecule has 0 saturated carbocycles. The molecule has 2 aromatic carbocycles. The highest BCUT2D eigenvalue weighted by atomic mass is 32.2. The Balaban J connectivity index is 2.69. The topological polar surface area (TPSA) is 161 Å². The molecule has 0 aliphatic heterocycles. The van der Waals surface area contributed by atoms with Crippen molar-refractivity contribution < 1.29 is 29.8 Å². The third kappa shape index (κ3) is 6.00. The Hall–Kier alpha value is -1.99. The zero-order valence-electron chi connectivity index (χ0n) is 15.6. The number of hydrogen-bond acceptors (Lipinski definition) is 7. The van der Waals surface area contributed by atoms with Gasteiger partial charge in [-0.25, -0.2) is 22.0 Å². The highest BCUT2D eigenvalue weighted by molar-refractivity contribution is 7.93. The molecule has 2 rings (SSSR count). The van der Waals surface area contributed by atoms with Crippen molar-refractivity contribution in [2.24, 2.45) is 5.14 Å². The van der Waals surface area contributed by atoms with E-state index in [1.807, 2.05) is 0 Å². The van der Waals surface area contributed by atoms with Crippen LogP contribution in [0.5, 0.6) is 0 Å². The van der Waals surface area contributed by atoms with Gasteiger partial charge in [-0.1, -0.05) is 43.7 Å². The lowest BCUT2D eigenvalue weighted by molar-refractivity contribution is 0.483. The maximum atomic E-state index is 12.7. The lowest BCUT2D eigenvalue weighted by Crippen LogP contribution is -2.20. The SMILES string of the molecule is CCCCS(=O)(=O)c1cc(NCc2ccccc2)c(S(=O)(=O)O)cc1S(N)(=O)=O. The lowest BCUT2D eigenvalue weighted by atomic mass is 10.2. The molecule has 0 spiro atoms. The second-order valence-corrected chi connectivity index (χ2v) is 11.3. The summed E-state index contributed by atoms with van der Waals surface area (Å²) in [4.78, 5) is -2.28. The molecule has 0 unspecified atom stereocenters. The highest BCUT2D eigenvalue weighted by Crippen LogP contribution is 2.32. The Labute approximate surface area is 170 Å². The van der Waals surface area contributed by atoms with Crippen molar-refractivity contribution in [2.45, 2.75) is 41.0 Å². The molecular weight excluding hydrogens is 440 g/mol. The number of hydrogen-bond donors (Lipinski definition) is 3. The van der Waals surface area contributed by atoms with Gasteiger partial charge in [0.1, 0.15) is 9.79 Å². The number of nitrogens with two attached hydrogens (primary N) is 1. The summed E-state index contributed by atoms with van der Waals surface area (Å²) in [6, 6.07) is 10.2. The molecule has 2 aromatic rings. The van der Waals surface area contributed by atoms with E-state index in [2.05, 4.69) is 5.32 Å². The zero-order valence-corrected chi connectivity index (χ0v) is 18.0. The van der Waals surface area contributed by atoms with E-state index in [4.69, 9.17) is 5.14 Å². The monoisotopic (exact) mass is 462 g/mol. The Kier molecular flexibility index (Phi) is 7.06. The molecule has 12 heteroatoms. The van der Waals surface area contributed by atoms with Gasteiger partial charge in [-0.15, -0.1) is 0 Å². The van der Waals surface area contributed by atoms with E-state index < -0.39 is 44.7 Å². The fourth-order valence-corrected chi connectivity index (χ4v) is 6.25. The summed E-state index contributed by atoms with van der Waals surface area (Å²) >= 11 is 0. The Morgan fingerprint density at radius 2 is 1.55 bits per heavy atom. The van der Waals surface area contributed by atoms with Crippen LogP contribution >= 0.6 is 0 Å². The van der Waals surface area contributed by atoms with Crippen LogP contribution in [0.25, 0.3) is 0 Å². The van der Waals surface area contributed by atoms with Gasteiger partial charge in [0.15, 0.2) is 9.84 Å². The Morgan fingerprint density at radius 1 is 0.931 bits per heavy atom. The summed E-state index contributed by atoms with van der Waals surface area (Å²) in [6.07, 6.45) is 0.825. The first-order valence-electron chi connectivity index (χ1n) is 8.55. The van der Waals surface area contributed by atoms with E-state index >= 15 is 0 Å². The molecule has 29 heavy (non-hydrogen) atoms. The predicted octanol–water partition coefficient (Wildman–Crippen LogP) is 1.77.